The summed E-state index contributed by atoms with van der Waals surface area (Å²) in [6.45, 7) is 1.81. The quantitative estimate of drug-likeness (QED) is 0.455. The van der Waals surface area contributed by atoms with E-state index in [0.717, 1.165) is 0 Å². The fourth-order valence-electron chi connectivity index (χ4n) is 0. The molecular formula is C3H5Cl2. The van der Waals surface area contributed by atoms with Gasteiger partial charge in [0.1, 0.15) is 4.84 Å². The molecule has 0 fully saturated rings. The van der Waals surface area contributed by atoms with Crippen LogP contribution < -0.4 is 0 Å². The van der Waals surface area contributed by atoms with Crippen molar-refractivity contribution in [2.75, 3.05) is 0 Å². The number of hydrogen-bond donors (Lipinski definition) is 0. The molecule has 31 valence electrons. The summed E-state index contributed by atoms with van der Waals surface area (Å²) in [5.74, 6) is 0. The largest absolute Gasteiger partial charge is 0.110 e. The molecule has 0 bridgehead atoms. The Hall–Kier alpha value is 0.580. The highest BCUT2D eigenvalue weighted by Crippen LogP contribution is 2.02. The third-order valence-electron chi connectivity index (χ3n) is 0.252. The molecule has 0 aliphatic carbocycles. The lowest BCUT2D eigenvalue weighted by Gasteiger charge is -1.84. The summed E-state index contributed by atoms with van der Waals surface area (Å²) in [6.07, 6.45) is 1.70. The van der Waals surface area contributed by atoms with E-state index in [1.165, 1.54) is 0 Å². The van der Waals surface area contributed by atoms with Gasteiger partial charge in [0.2, 0.25) is 0 Å². The Kier molecular flexibility index (Phi) is 3.12. The van der Waals surface area contributed by atoms with Crippen molar-refractivity contribution in [3.05, 3.63) is 6.42 Å². The molecule has 0 atom stereocenters. The van der Waals surface area contributed by atoms with Gasteiger partial charge >= 0.3 is 0 Å². The van der Waals surface area contributed by atoms with Gasteiger partial charge in [-0.2, -0.15) is 0 Å². The van der Waals surface area contributed by atoms with Crippen molar-refractivity contribution in [1.29, 1.82) is 0 Å². The molecule has 0 heterocycles. The molecule has 0 aromatic carbocycles. The summed E-state index contributed by atoms with van der Waals surface area (Å²) in [4.78, 5) is -0.296. The molecule has 0 aliphatic heterocycles. The third kappa shape index (κ3) is 4.58. The van der Waals surface area contributed by atoms with Crippen LogP contribution in [0, 0.1) is 6.42 Å². The van der Waals surface area contributed by atoms with Gasteiger partial charge in [-0.05, 0) is 6.42 Å². The molecule has 0 saturated carbocycles. The molecule has 2 heteroatoms. The molecule has 1 radical (unpaired) electrons. The van der Waals surface area contributed by atoms with E-state index in [0.29, 0.717) is 0 Å². The molecule has 0 saturated heterocycles. The first-order valence-corrected chi connectivity index (χ1v) is 2.22. The van der Waals surface area contributed by atoms with E-state index in [1.54, 1.807) is 6.42 Å². The van der Waals surface area contributed by atoms with Crippen LogP contribution in [-0.4, -0.2) is 4.84 Å². The van der Waals surface area contributed by atoms with Crippen molar-refractivity contribution in [2.24, 2.45) is 0 Å². The van der Waals surface area contributed by atoms with Crippen molar-refractivity contribution >= 4 is 23.2 Å². The van der Waals surface area contributed by atoms with Gasteiger partial charge < -0.3 is 0 Å². The normalized spacial score (nSPS) is 9.60. The van der Waals surface area contributed by atoms with Crippen molar-refractivity contribution < 1.29 is 0 Å². The van der Waals surface area contributed by atoms with E-state index < -0.39 is 0 Å². The van der Waals surface area contributed by atoms with Gasteiger partial charge in [-0.15, -0.1) is 23.2 Å². The van der Waals surface area contributed by atoms with Crippen LogP contribution in [0.15, 0.2) is 0 Å². The molecule has 0 spiro atoms. The van der Waals surface area contributed by atoms with Gasteiger partial charge in [0.25, 0.3) is 0 Å². The number of alkyl halides is 2. The Balaban J connectivity index is 2.54. The highest BCUT2D eigenvalue weighted by atomic mass is 35.5. The number of rotatable bonds is 1. The van der Waals surface area contributed by atoms with Crippen LogP contribution in [0.2, 0.25) is 0 Å². The summed E-state index contributed by atoms with van der Waals surface area (Å²) in [6, 6.07) is 0. The van der Waals surface area contributed by atoms with Crippen LogP contribution in [0.4, 0.5) is 0 Å². The maximum absolute atomic E-state index is 5.17. The lowest BCUT2D eigenvalue weighted by molar-refractivity contribution is 1.34. The monoisotopic (exact) mass is 111 g/mol. The molecule has 0 aliphatic rings. The van der Waals surface area contributed by atoms with Gasteiger partial charge in [-0.25, -0.2) is 0 Å². The lowest BCUT2D eigenvalue weighted by atomic mass is 10.6. The van der Waals surface area contributed by atoms with Crippen molar-refractivity contribution in [3.8, 4) is 0 Å². The van der Waals surface area contributed by atoms with Gasteiger partial charge in [0, 0.05) is 0 Å². The predicted octanol–water partition coefficient (Wildman–Crippen LogP) is 2.01. The molecule has 0 aromatic rings. The zero-order valence-electron chi connectivity index (χ0n) is 2.91. The molecule has 0 amide bonds. The molecule has 0 aromatic heterocycles. The van der Waals surface area contributed by atoms with Crippen LogP contribution in [0.3, 0.4) is 0 Å². The maximum atomic E-state index is 5.17. The smallest absolute Gasteiger partial charge is 0.105 e. The summed E-state index contributed by atoms with van der Waals surface area (Å²) < 4.78 is 0. The molecule has 0 rings (SSSR count). The first-order valence-electron chi connectivity index (χ1n) is 1.35. The molecular weight excluding hydrogens is 107 g/mol. The van der Waals surface area contributed by atoms with E-state index >= 15 is 0 Å². The summed E-state index contributed by atoms with van der Waals surface area (Å²) in [5.41, 5.74) is 0. The minimum Gasteiger partial charge on any atom is -0.105 e. The first-order chi connectivity index (χ1) is 2.27. The lowest BCUT2D eigenvalue weighted by Crippen LogP contribution is -1.77. The Morgan fingerprint density at radius 2 is 1.80 bits per heavy atom. The summed E-state index contributed by atoms with van der Waals surface area (Å²) >= 11 is 10.3. The van der Waals surface area contributed by atoms with Crippen LogP contribution in [0.5, 0.6) is 0 Å². The maximum Gasteiger partial charge on any atom is 0.110 e. The number of halogens is 2. The predicted molar refractivity (Wildman–Crippen MR) is 25.5 cm³/mol. The van der Waals surface area contributed by atoms with Gasteiger partial charge in [-0.3, -0.25) is 0 Å². The Morgan fingerprint density at radius 1 is 1.60 bits per heavy atom. The van der Waals surface area contributed by atoms with Crippen molar-refractivity contribution in [3.63, 3.8) is 0 Å². The fourth-order valence-corrected chi connectivity index (χ4v) is 0. The average molecular weight is 112 g/mol. The number of hydrogen-bond acceptors (Lipinski definition) is 0. The van der Waals surface area contributed by atoms with E-state index in [9.17, 15) is 0 Å². The Morgan fingerprint density at radius 3 is 1.80 bits per heavy atom. The summed E-state index contributed by atoms with van der Waals surface area (Å²) in [5, 5.41) is 0. The zero-order chi connectivity index (χ0) is 4.28. The second-order valence-electron chi connectivity index (χ2n) is 0.668. The van der Waals surface area contributed by atoms with E-state index in [-0.39, 0.29) is 4.84 Å². The molecule has 5 heavy (non-hydrogen) atoms. The second kappa shape index (κ2) is 2.80. The zero-order valence-corrected chi connectivity index (χ0v) is 4.42. The van der Waals surface area contributed by atoms with Crippen LogP contribution >= 0.6 is 23.2 Å². The fraction of sp³-hybridized carbons (Fsp3) is 0.667. The topological polar surface area (TPSA) is 0 Å². The minimum absolute atomic E-state index is 0.296. The van der Waals surface area contributed by atoms with Gasteiger partial charge in [0.15, 0.2) is 0 Å². The highest BCUT2D eigenvalue weighted by molar-refractivity contribution is 6.45. The second-order valence-corrected chi connectivity index (χ2v) is 1.83. The Labute approximate surface area is 42.1 Å². The SMILES string of the molecule is C[CH]C(Cl)Cl. The van der Waals surface area contributed by atoms with Crippen LogP contribution in [-0.2, 0) is 0 Å². The van der Waals surface area contributed by atoms with Crippen LogP contribution in [0.1, 0.15) is 6.92 Å². The van der Waals surface area contributed by atoms with Gasteiger partial charge in [0.05, 0.1) is 0 Å². The van der Waals surface area contributed by atoms with Crippen molar-refractivity contribution in [1.82, 2.24) is 0 Å². The summed E-state index contributed by atoms with van der Waals surface area (Å²) in [7, 11) is 0. The molecule has 0 nitrogen and oxygen atoms in total. The van der Waals surface area contributed by atoms with E-state index in [4.69, 9.17) is 23.2 Å². The Bertz CT molecular complexity index is 18.9. The molecule has 0 N–H and O–H groups in total. The minimum atomic E-state index is -0.296. The van der Waals surface area contributed by atoms with Crippen molar-refractivity contribution in [2.45, 2.75) is 11.8 Å². The first kappa shape index (κ1) is 5.58. The molecule has 0 unspecified atom stereocenters. The van der Waals surface area contributed by atoms with Crippen LogP contribution in [0.25, 0.3) is 0 Å². The standard InChI is InChI=1S/C3H5Cl2/c1-2-3(4)5/h2-3H,1H3. The van der Waals surface area contributed by atoms with E-state index in [2.05, 4.69) is 0 Å². The van der Waals surface area contributed by atoms with Gasteiger partial charge in [-0.1, -0.05) is 6.92 Å². The highest BCUT2D eigenvalue weighted by Gasteiger charge is 1.87. The third-order valence-corrected chi connectivity index (χ3v) is 0.756. The average Bonchev–Trinajstić information content (AvgIpc) is 1.38. The van der Waals surface area contributed by atoms with E-state index in [1.807, 2.05) is 6.92 Å².